The first kappa shape index (κ1) is 11.5. The normalized spacial score (nSPS) is 21.2. The number of piperidine rings is 1. The second kappa shape index (κ2) is 5.34. The van der Waals surface area contributed by atoms with Gasteiger partial charge in [0.15, 0.2) is 0 Å². The molecular weight excluding hydrogens is 202 g/mol. The van der Waals surface area contributed by atoms with Crippen LogP contribution in [0.2, 0.25) is 0 Å². The van der Waals surface area contributed by atoms with Crippen LogP contribution in [0.1, 0.15) is 31.9 Å². The van der Waals surface area contributed by atoms with E-state index in [1.165, 1.54) is 12.8 Å². The summed E-state index contributed by atoms with van der Waals surface area (Å²) >= 11 is 0. The van der Waals surface area contributed by atoms with Gasteiger partial charge in [-0.05, 0) is 44.7 Å². The highest BCUT2D eigenvalue weighted by Gasteiger charge is 2.13. The molecule has 90 valence electrons. The number of aromatic amines is 1. The van der Waals surface area contributed by atoms with Crippen LogP contribution < -0.4 is 10.9 Å². The fraction of sp³-hybridized carbons (Fsp3) is 0.750. The predicted molar refractivity (Wildman–Crippen MR) is 64.6 cm³/mol. The van der Waals surface area contributed by atoms with E-state index in [2.05, 4.69) is 17.3 Å². The van der Waals surface area contributed by atoms with E-state index in [0.717, 1.165) is 44.1 Å². The minimum atomic E-state index is 0.112. The van der Waals surface area contributed by atoms with Crippen LogP contribution in [0.5, 0.6) is 0 Å². The van der Waals surface area contributed by atoms with Gasteiger partial charge in [0, 0.05) is 18.3 Å². The highest BCUT2D eigenvalue weighted by Crippen LogP contribution is 2.14. The third kappa shape index (κ3) is 2.76. The molecule has 2 heterocycles. The standard InChI is InChI=1S/C12H21N3O/c1-2-11-8-12(16)15(14-11)7-5-10-4-3-6-13-9-10/h8,10,13-14H,2-7,9H2,1H3. The van der Waals surface area contributed by atoms with Crippen molar-refractivity contribution < 1.29 is 0 Å². The summed E-state index contributed by atoms with van der Waals surface area (Å²) in [5.41, 5.74) is 1.15. The van der Waals surface area contributed by atoms with Crippen LogP contribution in [0.4, 0.5) is 0 Å². The lowest BCUT2D eigenvalue weighted by Crippen LogP contribution is -2.31. The number of aryl methyl sites for hydroxylation is 2. The molecule has 0 aromatic carbocycles. The van der Waals surface area contributed by atoms with Crippen LogP contribution in [0.3, 0.4) is 0 Å². The smallest absolute Gasteiger partial charge is 0.266 e. The Bertz CT molecular complexity index is 374. The first-order valence-electron chi connectivity index (χ1n) is 6.29. The van der Waals surface area contributed by atoms with Gasteiger partial charge in [-0.15, -0.1) is 0 Å². The second-order valence-corrected chi connectivity index (χ2v) is 4.63. The third-order valence-corrected chi connectivity index (χ3v) is 3.38. The van der Waals surface area contributed by atoms with Gasteiger partial charge in [0.1, 0.15) is 0 Å². The topological polar surface area (TPSA) is 49.8 Å². The molecule has 1 aliphatic heterocycles. The van der Waals surface area contributed by atoms with Crippen molar-refractivity contribution in [2.45, 2.75) is 39.2 Å². The quantitative estimate of drug-likeness (QED) is 0.804. The fourth-order valence-corrected chi connectivity index (χ4v) is 2.32. The number of rotatable bonds is 4. The summed E-state index contributed by atoms with van der Waals surface area (Å²) in [5, 5.41) is 6.56. The molecule has 1 aromatic rings. The summed E-state index contributed by atoms with van der Waals surface area (Å²) < 4.78 is 1.74. The van der Waals surface area contributed by atoms with Crippen LogP contribution in [-0.4, -0.2) is 22.9 Å². The van der Waals surface area contributed by atoms with Crippen molar-refractivity contribution in [3.8, 4) is 0 Å². The Morgan fingerprint density at radius 1 is 1.56 bits per heavy atom. The van der Waals surface area contributed by atoms with Crippen molar-refractivity contribution in [2.75, 3.05) is 13.1 Å². The lowest BCUT2D eigenvalue weighted by atomic mass is 9.96. The molecule has 2 N–H and O–H groups in total. The van der Waals surface area contributed by atoms with E-state index in [1.54, 1.807) is 10.7 Å². The molecule has 0 spiro atoms. The molecule has 1 aromatic heterocycles. The van der Waals surface area contributed by atoms with E-state index in [4.69, 9.17) is 0 Å². The highest BCUT2D eigenvalue weighted by molar-refractivity contribution is 4.98. The molecule has 0 radical (unpaired) electrons. The maximum absolute atomic E-state index is 11.6. The van der Waals surface area contributed by atoms with E-state index < -0.39 is 0 Å². The average molecular weight is 223 g/mol. The monoisotopic (exact) mass is 223 g/mol. The van der Waals surface area contributed by atoms with E-state index in [-0.39, 0.29) is 5.56 Å². The molecule has 4 nitrogen and oxygen atoms in total. The molecule has 0 bridgehead atoms. The van der Waals surface area contributed by atoms with Crippen molar-refractivity contribution in [2.24, 2.45) is 5.92 Å². The van der Waals surface area contributed by atoms with Gasteiger partial charge in [-0.25, -0.2) is 0 Å². The van der Waals surface area contributed by atoms with E-state index in [9.17, 15) is 4.79 Å². The zero-order chi connectivity index (χ0) is 11.4. The Balaban J connectivity index is 1.88. The highest BCUT2D eigenvalue weighted by atomic mass is 16.1. The Kier molecular flexibility index (Phi) is 3.83. The van der Waals surface area contributed by atoms with Gasteiger partial charge in [-0.1, -0.05) is 6.92 Å². The van der Waals surface area contributed by atoms with Gasteiger partial charge in [0.2, 0.25) is 0 Å². The summed E-state index contributed by atoms with van der Waals surface area (Å²) in [5.74, 6) is 0.731. The first-order chi connectivity index (χ1) is 7.79. The van der Waals surface area contributed by atoms with Gasteiger partial charge >= 0.3 is 0 Å². The molecule has 16 heavy (non-hydrogen) atoms. The number of hydrogen-bond donors (Lipinski definition) is 2. The Labute approximate surface area is 96.0 Å². The summed E-state index contributed by atoms with van der Waals surface area (Å²) in [6.07, 6.45) is 4.55. The van der Waals surface area contributed by atoms with Crippen molar-refractivity contribution in [3.63, 3.8) is 0 Å². The molecule has 0 amide bonds. The number of aromatic nitrogens is 2. The van der Waals surface area contributed by atoms with E-state index in [1.807, 2.05) is 0 Å². The van der Waals surface area contributed by atoms with Crippen LogP contribution >= 0.6 is 0 Å². The van der Waals surface area contributed by atoms with Crippen molar-refractivity contribution in [1.82, 2.24) is 15.1 Å². The molecule has 4 heteroatoms. The molecule has 1 atom stereocenters. The van der Waals surface area contributed by atoms with Gasteiger partial charge in [-0.3, -0.25) is 14.6 Å². The zero-order valence-corrected chi connectivity index (χ0v) is 9.96. The van der Waals surface area contributed by atoms with Crippen LogP contribution in [0.15, 0.2) is 10.9 Å². The van der Waals surface area contributed by atoms with E-state index in [0.29, 0.717) is 0 Å². The molecule has 1 unspecified atom stereocenters. The maximum atomic E-state index is 11.6. The summed E-state index contributed by atoms with van der Waals surface area (Å²) in [6.45, 7) is 5.14. The number of H-pyrrole nitrogens is 1. The second-order valence-electron chi connectivity index (χ2n) is 4.63. The number of nitrogens with zero attached hydrogens (tertiary/aromatic N) is 1. The minimum Gasteiger partial charge on any atom is -0.316 e. The third-order valence-electron chi connectivity index (χ3n) is 3.38. The molecule has 2 rings (SSSR count). The Morgan fingerprint density at radius 2 is 2.44 bits per heavy atom. The number of nitrogens with one attached hydrogen (secondary N) is 2. The van der Waals surface area contributed by atoms with Gasteiger partial charge in [0.05, 0.1) is 0 Å². The molecule has 1 saturated heterocycles. The largest absolute Gasteiger partial charge is 0.316 e. The molecule has 1 fully saturated rings. The molecule has 1 aliphatic rings. The summed E-state index contributed by atoms with van der Waals surface area (Å²) in [6, 6.07) is 1.71. The van der Waals surface area contributed by atoms with Gasteiger partial charge < -0.3 is 5.32 Å². The van der Waals surface area contributed by atoms with Crippen molar-refractivity contribution >= 4 is 0 Å². The maximum Gasteiger partial charge on any atom is 0.266 e. The SMILES string of the molecule is CCc1cc(=O)n(CCC2CCCNC2)[nH]1. The first-order valence-corrected chi connectivity index (χ1v) is 6.29. The van der Waals surface area contributed by atoms with E-state index >= 15 is 0 Å². The van der Waals surface area contributed by atoms with Gasteiger partial charge in [-0.2, -0.15) is 0 Å². The fourth-order valence-electron chi connectivity index (χ4n) is 2.32. The Morgan fingerprint density at radius 3 is 3.06 bits per heavy atom. The molecular formula is C12H21N3O. The minimum absolute atomic E-state index is 0.112. The Hall–Kier alpha value is -1.03. The van der Waals surface area contributed by atoms with Gasteiger partial charge in [0.25, 0.3) is 5.56 Å². The lowest BCUT2D eigenvalue weighted by Gasteiger charge is -2.22. The van der Waals surface area contributed by atoms with Crippen molar-refractivity contribution in [3.05, 3.63) is 22.1 Å². The average Bonchev–Trinajstić information content (AvgIpc) is 2.69. The number of hydrogen-bond acceptors (Lipinski definition) is 2. The van der Waals surface area contributed by atoms with Crippen LogP contribution in [0.25, 0.3) is 0 Å². The summed E-state index contributed by atoms with van der Waals surface area (Å²) in [4.78, 5) is 11.6. The molecule has 0 saturated carbocycles. The lowest BCUT2D eigenvalue weighted by molar-refractivity contribution is 0.334. The summed E-state index contributed by atoms with van der Waals surface area (Å²) in [7, 11) is 0. The zero-order valence-electron chi connectivity index (χ0n) is 9.96. The van der Waals surface area contributed by atoms with Crippen LogP contribution in [0, 0.1) is 5.92 Å². The van der Waals surface area contributed by atoms with Crippen molar-refractivity contribution in [1.29, 1.82) is 0 Å². The predicted octanol–water partition coefficient (Wildman–Crippen LogP) is 1.13. The van der Waals surface area contributed by atoms with Crippen LogP contribution in [-0.2, 0) is 13.0 Å². The molecule has 0 aliphatic carbocycles.